The molecule has 3 unspecified atom stereocenters. The summed E-state index contributed by atoms with van der Waals surface area (Å²) in [5.41, 5.74) is 10.4. The predicted octanol–water partition coefficient (Wildman–Crippen LogP) is 10.3. The molecule has 2 aliphatic rings. The molecule has 2 fully saturated rings. The number of Topliss-reactive ketones (excluding diaryl/α,β-unsaturated/α-hetero) is 1. The molecular formula is C56H61Cl3N6NaO5-. The summed E-state index contributed by atoms with van der Waals surface area (Å²) >= 11 is 17.6. The molecule has 3 N–H and O–H groups in total. The van der Waals surface area contributed by atoms with Crippen molar-refractivity contribution in [3.8, 4) is 0 Å². The van der Waals surface area contributed by atoms with E-state index < -0.39 is 11.5 Å². The van der Waals surface area contributed by atoms with Crippen molar-refractivity contribution in [3.63, 3.8) is 0 Å². The fourth-order valence-electron chi connectivity index (χ4n) is 7.92. The minimum absolute atomic E-state index is 0. The number of nitrogens with two attached hydrogens (primary N) is 1. The summed E-state index contributed by atoms with van der Waals surface area (Å²) in [4.78, 5) is 53.7. The van der Waals surface area contributed by atoms with Gasteiger partial charge in [0, 0.05) is 70.5 Å². The number of carbonyl (C=O) groups excluding carboxylic acids is 3. The monoisotopic (exact) mass is 1030 g/mol. The molecule has 3 aromatic heterocycles. The van der Waals surface area contributed by atoms with Gasteiger partial charge in [0.15, 0.2) is 0 Å². The van der Waals surface area contributed by atoms with E-state index in [0.29, 0.717) is 33.1 Å². The van der Waals surface area contributed by atoms with Gasteiger partial charge in [-0.3, -0.25) is 26.0 Å². The van der Waals surface area contributed by atoms with Crippen molar-refractivity contribution >= 4 is 53.0 Å². The van der Waals surface area contributed by atoms with Crippen LogP contribution in [0.5, 0.6) is 0 Å². The quantitative estimate of drug-likeness (QED) is 0.104. The van der Waals surface area contributed by atoms with E-state index in [1.165, 1.54) is 32.1 Å². The third-order valence-electron chi connectivity index (χ3n) is 11.5. The van der Waals surface area contributed by atoms with Crippen LogP contribution in [0, 0.1) is 12.5 Å². The van der Waals surface area contributed by atoms with Gasteiger partial charge in [-0.15, -0.1) is 0 Å². The van der Waals surface area contributed by atoms with Gasteiger partial charge in [-0.2, -0.15) is 0 Å². The Balaban J connectivity index is 0.000000253. The van der Waals surface area contributed by atoms with Crippen molar-refractivity contribution in [1.82, 2.24) is 19.9 Å². The number of hydrogen-bond acceptors (Lipinski definition) is 9. The topological polar surface area (TPSA) is 163 Å². The number of hydrogen-bond donors (Lipinski definition) is 1. The second-order valence-electron chi connectivity index (χ2n) is 17.9. The van der Waals surface area contributed by atoms with Crippen LogP contribution in [0.3, 0.4) is 0 Å². The third-order valence-corrected chi connectivity index (χ3v) is 12.3. The van der Waals surface area contributed by atoms with Crippen molar-refractivity contribution < 1.29 is 54.2 Å². The third kappa shape index (κ3) is 20.6. The van der Waals surface area contributed by atoms with Crippen LogP contribution < -0.4 is 35.3 Å². The number of amides is 1. The van der Waals surface area contributed by atoms with E-state index in [9.17, 15) is 14.4 Å². The number of aromatic nitrogens is 3. The second-order valence-corrected chi connectivity index (χ2v) is 19.2. The zero-order valence-corrected chi connectivity index (χ0v) is 45.1. The van der Waals surface area contributed by atoms with Gasteiger partial charge in [0.1, 0.15) is 17.1 Å². The molecule has 71 heavy (non-hydrogen) atoms. The van der Waals surface area contributed by atoms with Crippen LogP contribution >= 0.6 is 34.8 Å². The summed E-state index contributed by atoms with van der Waals surface area (Å²) in [6.07, 6.45) is 15.5. The molecule has 15 heteroatoms. The van der Waals surface area contributed by atoms with Gasteiger partial charge >= 0.3 is 35.7 Å². The molecule has 6 aromatic rings. The standard InChI is InChI=1S/C20H22ClNO.C13H9ClN2.C13H9ClNO.C10H20N2O2.Na.H2O/c21-17-11-9-16(10-12-17)20(18-8-4-5-13-22-18)19(23)14-15-6-2-1-3-7-15;1-15-13(12-4-2-3-9-16-12)10-5-7-11(14)8-6-10;14-11-6-4-10(5-7-11)12(9-16)13-3-1-2-8-15-13;1-10(2,3)14-9(13)12-6-4-8(11)5-7-12;;/h4-5,8-13,15,20H,1-3,6-7,14H2;2-9,13H;1-8,12H;8H,4-7,11H2,1-3H3;;1H2/q;;-1;;+1;/p-1. The van der Waals surface area contributed by atoms with E-state index in [-0.39, 0.29) is 64.9 Å². The number of halogens is 3. The Morgan fingerprint density at radius 3 is 1.58 bits per heavy atom. The minimum Gasteiger partial charge on any atom is -0.870 e. The Hall–Kier alpha value is -5.00. The van der Waals surface area contributed by atoms with Crippen molar-refractivity contribution in [1.29, 1.82) is 0 Å². The Morgan fingerprint density at radius 2 is 1.14 bits per heavy atom. The number of ether oxygens (including phenoxy) is 1. The summed E-state index contributed by atoms with van der Waals surface area (Å²) in [5, 5.41) is 2.01. The molecule has 4 heterocycles. The summed E-state index contributed by atoms with van der Waals surface area (Å²) in [5.74, 6) is 0.0848. The van der Waals surface area contributed by atoms with Crippen LogP contribution in [0.25, 0.3) is 4.85 Å². The molecule has 1 amide bonds. The molecule has 1 saturated heterocycles. The molecule has 0 radical (unpaired) electrons. The fourth-order valence-corrected chi connectivity index (χ4v) is 8.30. The first-order valence-electron chi connectivity index (χ1n) is 23.2. The van der Waals surface area contributed by atoms with Crippen molar-refractivity contribution in [2.75, 3.05) is 13.1 Å². The molecule has 1 aliphatic heterocycles. The van der Waals surface area contributed by atoms with E-state index in [2.05, 4.69) is 19.8 Å². The van der Waals surface area contributed by atoms with Gasteiger partial charge in [0.25, 0.3) is 6.04 Å². The number of ketones is 1. The Bertz CT molecular complexity index is 2500. The number of pyridine rings is 3. The van der Waals surface area contributed by atoms with Crippen LogP contribution in [-0.4, -0.2) is 68.2 Å². The predicted molar refractivity (Wildman–Crippen MR) is 278 cm³/mol. The van der Waals surface area contributed by atoms with E-state index in [1.807, 2.05) is 130 Å². The van der Waals surface area contributed by atoms with Gasteiger partial charge in [-0.25, -0.2) is 11.4 Å². The van der Waals surface area contributed by atoms with E-state index in [0.717, 1.165) is 54.0 Å². The van der Waals surface area contributed by atoms with Crippen LogP contribution in [-0.2, 0) is 14.3 Å². The second kappa shape index (κ2) is 31.5. The molecule has 8 rings (SSSR count). The van der Waals surface area contributed by atoms with Gasteiger partial charge in [-0.1, -0.05) is 121 Å². The molecular weight excluding hydrogens is 966 g/mol. The summed E-state index contributed by atoms with van der Waals surface area (Å²) in [6, 6.07) is 38.7. The van der Waals surface area contributed by atoms with Crippen LogP contribution in [0.1, 0.15) is 124 Å². The van der Waals surface area contributed by atoms with E-state index in [1.54, 1.807) is 47.8 Å². The minimum atomic E-state index is -0.446. The Labute approximate surface area is 456 Å². The van der Waals surface area contributed by atoms with Gasteiger partial charge in [0.2, 0.25) is 0 Å². The molecule has 0 bridgehead atoms. The molecule has 3 atom stereocenters. The van der Waals surface area contributed by atoms with E-state index in [4.69, 9.17) is 51.8 Å². The van der Waals surface area contributed by atoms with Crippen LogP contribution in [0.2, 0.25) is 15.1 Å². The number of benzene rings is 3. The Morgan fingerprint density at radius 1 is 0.690 bits per heavy atom. The van der Waals surface area contributed by atoms with Crippen molar-refractivity contribution in [3.05, 3.63) is 206 Å². The van der Waals surface area contributed by atoms with E-state index >= 15 is 0 Å². The number of piperidine rings is 1. The maximum absolute atomic E-state index is 13.0. The average molecular weight is 1030 g/mol. The molecule has 3 aromatic carbocycles. The van der Waals surface area contributed by atoms with Gasteiger partial charge in [-0.05, 0) is 130 Å². The zero-order valence-electron chi connectivity index (χ0n) is 40.8. The number of rotatable bonds is 10. The molecule has 0 spiro atoms. The maximum atomic E-state index is 13.0. The van der Waals surface area contributed by atoms with Gasteiger partial charge < -0.3 is 30.5 Å². The summed E-state index contributed by atoms with van der Waals surface area (Å²) in [7, 11) is 0. The van der Waals surface area contributed by atoms with Gasteiger partial charge in [0.05, 0.1) is 11.6 Å². The Kier molecular flexibility index (Phi) is 26.7. The zero-order chi connectivity index (χ0) is 49.6. The summed E-state index contributed by atoms with van der Waals surface area (Å²) < 4.78 is 5.26. The largest absolute Gasteiger partial charge is 1.00 e. The number of nitrogens with zero attached hydrogens (tertiary/aromatic N) is 5. The number of carbonyl (C=O) groups is 2. The molecule has 1 saturated carbocycles. The van der Waals surface area contributed by atoms with Crippen molar-refractivity contribution in [2.24, 2.45) is 11.7 Å². The smallest absolute Gasteiger partial charge is 0.870 e. The maximum Gasteiger partial charge on any atom is 1.00 e. The first kappa shape index (κ1) is 60.3. The normalized spacial score (nSPS) is 14.7. The first-order valence-corrected chi connectivity index (χ1v) is 24.4. The van der Waals surface area contributed by atoms with Crippen molar-refractivity contribution in [2.45, 2.75) is 102 Å². The SMILES string of the molecule is CC(C)(C)OC(=O)N1CCC(N)CC1.O=C(CC1CCCCC1)C(c1ccc(Cl)cc1)c1ccccn1.O=[C-]C(c1ccc(Cl)cc1)c1ccccn1.[C-]#[N+]C(c1ccc(Cl)cc1)c1ccccn1.[Na+].[OH-]. The first-order chi connectivity index (χ1) is 33.2. The molecule has 1 aliphatic carbocycles. The van der Waals surface area contributed by atoms with Crippen LogP contribution in [0.4, 0.5) is 4.79 Å². The summed E-state index contributed by atoms with van der Waals surface area (Å²) in [6.45, 7) is 14.3. The molecule has 368 valence electrons. The fraction of sp³-hybridized carbons (Fsp3) is 0.339. The molecule has 11 nitrogen and oxygen atoms in total. The van der Waals surface area contributed by atoms with Crippen LogP contribution in [0.15, 0.2) is 146 Å². The average Bonchev–Trinajstić information content (AvgIpc) is 3.35. The number of likely N-dealkylation sites (tertiary alicyclic amines) is 1.